The third-order valence-electron chi connectivity index (χ3n) is 5.32. The van der Waals surface area contributed by atoms with Crippen LogP contribution in [-0.4, -0.2) is 10.5 Å². The van der Waals surface area contributed by atoms with Crippen LogP contribution in [0.15, 0.2) is 89.7 Å². The summed E-state index contributed by atoms with van der Waals surface area (Å²) in [7, 11) is 0. The van der Waals surface area contributed by atoms with Gasteiger partial charge in [-0.2, -0.15) is 0 Å². The highest BCUT2D eigenvalue weighted by molar-refractivity contribution is 6.30. The first-order valence-corrected chi connectivity index (χ1v) is 10.7. The minimum Gasteiger partial charge on any atom is -0.340 e. The average molecular weight is 443 g/mol. The summed E-state index contributed by atoms with van der Waals surface area (Å²) in [6.07, 6.45) is 0. The first kappa shape index (κ1) is 21.6. The molecule has 0 saturated heterocycles. The molecule has 4 nitrogen and oxygen atoms in total. The molecule has 0 unspecified atom stereocenters. The number of rotatable bonds is 5. The molecule has 1 heterocycles. The highest BCUT2D eigenvalue weighted by Crippen LogP contribution is 2.26. The second kappa shape index (κ2) is 9.25. The van der Waals surface area contributed by atoms with Gasteiger partial charge in [-0.15, -0.1) is 0 Å². The van der Waals surface area contributed by atoms with E-state index in [0.29, 0.717) is 22.9 Å². The molecule has 0 bridgehead atoms. The molecule has 1 N–H and O–H groups in total. The Kier molecular flexibility index (Phi) is 6.24. The van der Waals surface area contributed by atoms with Crippen molar-refractivity contribution >= 4 is 23.2 Å². The lowest BCUT2D eigenvalue weighted by Gasteiger charge is -2.21. The second-order valence-corrected chi connectivity index (χ2v) is 8.21. The Morgan fingerprint density at radius 3 is 2.31 bits per heavy atom. The van der Waals surface area contributed by atoms with E-state index < -0.39 is 5.91 Å². The number of benzene rings is 3. The van der Waals surface area contributed by atoms with Gasteiger partial charge in [0.2, 0.25) is 0 Å². The van der Waals surface area contributed by atoms with Crippen molar-refractivity contribution in [2.75, 3.05) is 5.32 Å². The number of para-hydroxylation sites is 1. The molecule has 0 atom stereocenters. The van der Waals surface area contributed by atoms with Crippen LogP contribution < -0.4 is 10.7 Å². The van der Waals surface area contributed by atoms with Crippen LogP contribution in [0.4, 0.5) is 5.69 Å². The molecule has 0 aliphatic heterocycles. The zero-order valence-electron chi connectivity index (χ0n) is 17.9. The maximum atomic E-state index is 13.3. The van der Waals surface area contributed by atoms with Crippen LogP contribution in [0.25, 0.3) is 11.3 Å². The van der Waals surface area contributed by atoms with Crippen molar-refractivity contribution in [3.8, 4) is 11.3 Å². The van der Waals surface area contributed by atoms with Crippen molar-refractivity contribution < 1.29 is 4.79 Å². The normalized spacial score (nSPS) is 10.7. The van der Waals surface area contributed by atoms with Gasteiger partial charge in [-0.1, -0.05) is 65.7 Å². The Morgan fingerprint density at radius 1 is 0.906 bits per heavy atom. The monoisotopic (exact) mass is 442 g/mol. The lowest BCUT2D eigenvalue weighted by Crippen LogP contribution is -2.27. The van der Waals surface area contributed by atoms with Crippen LogP contribution in [0, 0.1) is 13.8 Å². The fourth-order valence-corrected chi connectivity index (χ4v) is 3.90. The zero-order valence-corrected chi connectivity index (χ0v) is 18.7. The number of pyridine rings is 1. The third-order valence-corrected chi connectivity index (χ3v) is 5.58. The number of carbonyl (C=O) groups excluding carboxylic acids is 1. The van der Waals surface area contributed by atoms with Gasteiger partial charge in [0.25, 0.3) is 5.91 Å². The van der Waals surface area contributed by atoms with Crippen molar-refractivity contribution in [1.82, 2.24) is 4.57 Å². The van der Waals surface area contributed by atoms with E-state index in [-0.39, 0.29) is 11.0 Å². The van der Waals surface area contributed by atoms with Crippen LogP contribution in [0.5, 0.6) is 0 Å². The summed E-state index contributed by atoms with van der Waals surface area (Å²) >= 11 is 6.05. The van der Waals surface area contributed by atoms with E-state index in [4.69, 9.17) is 11.6 Å². The van der Waals surface area contributed by atoms with Gasteiger partial charge in [0.05, 0.1) is 5.69 Å². The Balaban J connectivity index is 1.91. The number of nitrogens with one attached hydrogen (secondary N) is 1. The molecule has 0 saturated carbocycles. The molecule has 3 aromatic carbocycles. The molecule has 0 fully saturated rings. The molecular weight excluding hydrogens is 420 g/mol. The smallest absolute Gasteiger partial charge is 0.261 e. The highest BCUT2D eigenvalue weighted by Gasteiger charge is 2.22. The van der Waals surface area contributed by atoms with Crippen molar-refractivity contribution in [3.05, 3.63) is 123 Å². The van der Waals surface area contributed by atoms with Crippen LogP contribution in [-0.2, 0) is 6.54 Å². The summed E-state index contributed by atoms with van der Waals surface area (Å²) in [6.45, 7) is 4.37. The summed E-state index contributed by atoms with van der Waals surface area (Å²) in [6, 6.07) is 26.1. The number of carbonyl (C=O) groups is 1. The molecule has 0 aliphatic carbocycles. The summed E-state index contributed by atoms with van der Waals surface area (Å²) in [5.41, 5.74) is 4.71. The van der Waals surface area contributed by atoms with Crippen molar-refractivity contribution in [1.29, 1.82) is 0 Å². The molecule has 160 valence electrons. The van der Waals surface area contributed by atoms with Gasteiger partial charge in [0.15, 0.2) is 5.43 Å². The second-order valence-electron chi connectivity index (χ2n) is 7.78. The molecule has 4 aromatic rings. The molecule has 0 spiro atoms. The number of aromatic nitrogens is 1. The third kappa shape index (κ3) is 4.66. The number of hydrogen-bond acceptors (Lipinski definition) is 2. The maximum Gasteiger partial charge on any atom is 0.261 e. The molecule has 5 heteroatoms. The van der Waals surface area contributed by atoms with Gasteiger partial charge in [-0.3, -0.25) is 9.59 Å². The molecule has 4 rings (SSSR count). The summed E-state index contributed by atoms with van der Waals surface area (Å²) in [5, 5.41) is 3.53. The van der Waals surface area contributed by atoms with Gasteiger partial charge < -0.3 is 9.88 Å². The van der Waals surface area contributed by atoms with Crippen molar-refractivity contribution in [3.63, 3.8) is 0 Å². The van der Waals surface area contributed by atoms with Crippen LogP contribution >= 0.6 is 11.6 Å². The SMILES string of the molecule is Cc1cccc(-c2c(C(=O)Nc3ccccc3)c(=O)cc(C)n2Cc2ccc(Cl)cc2)c1. The molecular formula is C27H23ClN2O2. The van der Waals surface area contributed by atoms with Gasteiger partial charge in [-0.25, -0.2) is 0 Å². The summed E-state index contributed by atoms with van der Waals surface area (Å²) < 4.78 is 2.01. The molecule has 1 aromatic heterocycles. The van der Waals surface area contributed by atoms with Crippen LogP contribution in [0.3, 0.4) is 0 Å². The Morgan fingerprint density at radius 2 is 1.62 bits per heavy atom. The molecule has 32 heavy (non-hydrogen) atoms. The summed E-state index contributed by atoms with van der Waals surface area (Å²) in [5.74, 6) is -0.428. The number of halogens is 1. The van der Waals surface area contributed by atoms with Gasteiger partial charge in [0, 0.05) is 29.0 Å². The van der Waals surface area contributed by atoms with E-state index >= 15 is 0 Å². The first-order valence-electron chi connectivity index (χ1n) is 10.3. The Bertz CT molecular complexity index is 1330. The molecule has 0 radical (unpaired) electrons. The van der Waals surface area contributed by atoms with Crippen molar-refractivity contribution in [2.24, 2.45) is 0 Å². The predicted octanol–water partition coefficient (Wildman–Crippen LogP) is 6.09. The maximum absolute atomic E-state index is 13.3. The predicted molar refractivity (Wildman–Crippen MR) is 131 cm³/mol. The minimum atomic E-state index is -0.428. The van der Waals surface area contributed by atoms with Gasteiger partial charge in [-0.05, 0) is 55.3 Å². The Labute approximate surface area is 192 Å². The zero-order chi connectivity index (χ0) is 22.7. The van der Waals surface area contributed by atoms with E-state index in [0.717, 1.165) is 22.4 Å². The van der Waals surface area contributed by atoms with Gasteiger partial charge in [0.1, 0.15) is 5.56 Å². The summed E-state index contributed by atoms with van der Waals surface area (Å²) in [4.78, 5) is 26.4. The number of hydrogen-bond donors (Lipinski definition) is 1. The van der Waals surface area contributed by atoms with E-state index in [1.165, 1.54) is 6.07 Å². The number of nitrogens with zero attached hydrogens (tertiary/aromatic N) is 1. The standard InChI is InChI=1S/C27H23ClN2O2/c1-18-7-6-8-21(15-18)26-25(27(32)29-23-9-4-3-5-10-23)24(31)16-19(2)30(26)17-20-11-13-22(28)14-12-20/h3-16H,17H2,1-2H3,(H,29,32). The Hall–Kier alpha value is -3.63. The lowest BCUT2D eigenvalue weighted by molar-refractivity contribution is 0.102. The van der Waals surface area contributed by atoms with Crippen LogP contribution in [0.2, 0.25) is 5.02 Å². The van der Waals surface area contributed by atoms with E-state index in [2.05, 4.69) is 5.32 Å². The topological polar surface area (TPSA) is 51.1 Å². The van der Waals surface area contributed by atoms with E-state index in [1.807, 2.05) is 85.1 Å². The minimum absolute atomic E-state index is 0.124. The number of anilines is 1. The quantitative estimate of drug-likeness (QED) is 0.406. The van der Waals surface area contributed by atoms with Gasteiger partial charge >= 0.3 is 0 Å². The van der Waals surface area contributed by atoms with Crippen LogP contribution in [0.1, 0.15) is 27.2 Å². The fourth-order valence-electron chi connectivity index (χ4n) is 3.77. The first-order chi connectivity index (χ1) is 15.4. The largest absolute Gasteiger partial charge is 0.340 e. The van der Waals surface area contributed by atoms with E-state index in [9.17, 15) is 9.59 Å². The highest BCUT2D eigenvalue weighted by atomic mass is 35.5. The average Bonchev–Trinajstić information content (AvgIpc) is 2.77. The number of amides is 1. The molecule has 1 amide bonds. The lowest BCUT2D eigenvalue weighted by atomic mass is 10.0. The van der Waals surface area contributed by atoms with Crippen molar-refractivity contribution in [2.45, 2.75) is 20.4 Å². The fraction of sp³-hybridized carbons (Fsp3) is 0.111. The molecule has 0 aliphatic rings. The van der Waals surface area contributed by atoms with E-state index in [1.54, 1.807) is 12.1 Å². The number of aryl methyl sites for hydroxylation is 2.